The second-order valence-electron chi connectivity index (χ2n) is 6.12. The van der Waals surface area contributed by atoms with Crippen LogP contribution in [0.3, 0.4) is 0 Å². The van der Waals surface area contributed by atoms with Crippen molar-refractivity contribution in [2.45, 2.75) is 6.54 Å². The van der Waals surface area contributed by atoms with Gasteiger partial charge in [0.2, 0.25) is 15.8 Å². The van der Waals surface area contributed by atoms with Gasteiger partial charge in [-0.05, 0) is 48.1 Å². The van der Waals surface area contributed by atoms with Gasteiger partial charge in [-0.15, -0.1) is 0 Å². The Morgan fingerprint density at radius 1 is 1.07 bits per heavy atom. The summed E-state index contributed by atoms with van der Waals surface area (Å²) in [5.74, 6) is 1.63. The highest BCUT2D eigenvalue weighted by molar-refractivity contribution is 7.92. The molecule has 0 radical (unpaired) electrons. The number of hydrogen-bond donors (Lipinski definition) is 2. The maximum Gasteiger partial charge on any atom is 0.231 e. The first-order chi connectivity index (χ1) is 13.7. The Morgan fingerprint density at radius 2 is 1.69 bits per heavy atom. The SMILES string of the molecule is COc1cc(CNC(=S)Nc2cccc(N(C)S(C)(=O)=O)c2)cc(OC)c1OC. The minimum atomic E-state index is -3.34. The number of nitrogens with one attached hydrogen (secondary N) is 2. The Labute approximate surface area is 176 Å². The minimum Gasteiger partial charge on any atom is -0.493 e. The molecule has 10 heteroatoms. The Balaban J connectivity index is 2.07. The first-order valence-electron chi connectivity index (χ1n) is 8.57. The van der Waals surface area contributed by atoms with Crippen molar-refractivity contribution in [2.75, 3.05) is 44.3 Å². The zero-order valence-corrected chi connectivity index (χ0v) is 18.6. The molecule has 0 amide bonds. The summed E-state index contributed by atoms with van der Waals surface area (Å²) in [5.41, 5.74) is 2.08. The van der Waals surface area contributed by atoms with E-state index in [1.54, 1.807) is 45.6 Å². The molecule has 2 rings (SSSR count). The molecular weight excluding hydrogens is 414 g/mol. The molecule has 0 heterocycles. The van der Waals surface area contributed by atoms with Gasteiger partial charge in [0.15, 0.2) is 16.6 Å². The van der Waals surface area contributed by atoms with Crippen molar-refractivity contribution in [2.24, 2.45) is 0 Å². The van der Waals surface area contributed by atoms with Crippen molar-refractivity contribution in [3.05, 3.63) is 42.0 Å². The standard InChI is InChI=1S/C19H25N3O5S2/c1-22(29(5,23)24)15-8-6-7-14(11-15)21-19(28)20-12-13-9-16(25-2)18(27-4)17(10-13)26-3/h6-11H,12H2,1-5H3,(H2,20,21,28). The topological polar surface area (TPSA) is 89.1 Å². The van der Waals surface area contributed by atoms with Crippen LogP contribution in [0, 0.1) is 0 Å². The molecule has 29 heavy (non-hydrogen) atoms. The number of ether oxygens (including phenoxy) is 3. The number of nitrogens with zero attached hydrogens (tertiary/aromatic N) is 1. The molecule has 0 bridgehead atoms. The van der Waals surface area contributed by atoms with E-state index in [0.717, 1.165) is 11.8 Å². The summed E-state index contributed by atoms with van der Waals surface area (Å²) < 4.78 is 40.6. The lowest BCUT2D eigenvalue weighted by Crippen LogP contribution is -2.28. The molecule has 2 N–H and O–H groups in total. The van der Waals surface area contributed by atoms with Crippen LogP contribution in [0.15, 0.2) is 36.4 Å². The zero-order chi connectivity index (χ0) is 21.6. The van der Waals surface area contributed by atoms with Gasteiger partial charge < -0.3 is 24.8 Å². The van der Waals surface area contributed by atoms with Gasteiger partial charge in [-0.1, -0.05) is 6.07 Å². The van der Waals surface area contributed by atoms with E-state index in [4.69, 9.17) is 26.4 Å². The predicted octanol–water partition coefficient (Wildman–Crippen LogP) is 2.59. The fourth-order valence-electron chi connectivity index (χ4n) is 2.57. The zero-order valence-electron chi connectivity index (χ0n) is 17.0. The molecule has 0 aliphatic carbocycles. The molecular formula is C19H25N3O5S2. The second kappa shape index (κ2) is 9.66. The van der Waals surface area contributed by atoms with Crippen LogP contribution in [0.4, 0.5) is 11.4 Å². The number of methoxy groups -OCH3 is 3. The third kappa shape index (κ3) is 5.88. The maximum atomic E-state index is 11.7. The van der Waals surface area contributed by atoms with Crippen molar-refractivity contribution in [1.82, 2.24) is 5.32 Å². The van der Waals surface area contributed by atoms with Crippen molar-refractivity contribution in [3.8, 4) is 17.2 Å². The Hall–Kier alpha value is -2.72. The molecule has 0 saturated heterocycles. The van der Waals surface area contributed by atoms with Crippen molar-refractivity contribution < 1.29 is 22.6 Å². The molecule has 0 aliphatic heterocycles. The molecule has 0 spiro atoms. The predicted molar refractivity (Wildman–Crippen MR) is 119 cm³/mol. The molecule has 0 aromatic heterocycles. The van der Waals surface area contributed by atoms with Crippen molar-refractivity contribution in [1.29, 1.82) is 0 Å². The normalized spacial score (nSPS) is 10.8. The average Bonchev–Trinajstić information content (AvgIpc) is 2.70. The van der Waals surface area contributed by atoms with Gasteiger partial charge in [-0.25, -0.2) is 8.42 Å². The summed E-state index contributed by atoms with van der Waals surface area (Å²) in [6.07, 6.45) is 1.15. The van der Waals surface area contributed by atoms with E-state index in [1.165, 1.54) is 11.4 Å². The number of anilines is 2. The lowest BCUT2D eigenvalue weighted by molar-refractivity contribution is 0.323. The molecule has 158 valence electrons. The van der Waals surface area contributed by atoms with Crippen LogP contribution in [0.1, 0.15) is 5.56 Å². The summed E-state index contributed by atoms with van der Waals surface area (Å²) in [4.78, 5) is 0. The van der Waals surface area contributed by atoms with Gasteiger partial charge in [-0.2, -0.15) is 0 Å². The largest absolute Gasteiger partial charge is 0.493 e. The van der Waals surface area contributed by atoms with Gasteiger partial charge in [-0.3, -0.25) is 4.31 Å². The van der Waals surface area contributed by atoms with E-state index < -0.39 is 10.0 Å². The van der Waals surface area contributed by atoms with E-state index in [0.29, 0.717) is 40.3 Å². The number of thiocarbonyl (C=S) groups is 1. The third-order valence-corrected chi connectivity index (χ3v) is 5.59. The van der Waals surface area contributed by atoms with Gasteiger partial charge in [0.1, 0.15) is 0 Å². The Kier molecular flexibility index (Phi) is 7.52. The molecule has 0 fully saturated rings. The Bertz CT molecular complexity index is 955. The van der Waals surface area contributed by atoms with Crippen LogP contribution in [0.2, 0.25) is 0 Å². The monoisotopic (exact) mass is 439 g/mol. The first kappa shape index (κ1) is 22.6. The smallest absolute Gasteiger partial charge is 0.231 e. The van der Waals surface area contributed by atoms with Crippen LogP contribution in [-0.4, -0.2) is 48.2 Å². The van der Waals surface area contributed by atoms with Crippen LogP contribution in [0.25, 0.3) is 0 Å². The highest BCUT2D eigenvalue weighted by atomic mass is 32.2. The van der Waals surface area contributed by atoms with E-state index >= 15 is 0 Å². The first-order valence-corrected chi connectivity index (χ1v) is 10.8. The third-order valence-electron chi connectivity index (χ3n) is 4.14. The lowest BCUT2D eigenvalue weighted by Gasteiger charge is -2.18. The summed E-state index contributed by atoms with van der Waals surface area (Å²) in [6.45, 7) is 0.422. The van der Waals surface area contributed by atoms with E-state index in [9.17, 15) is 8.42 Å². The molecule has 0 aliphatic rings. The average molecular weight is 440 g/mol. The van der Waals surface area contributed by atoms with E-state index in [-0.39, 0.29) is 0 Å². The van der Waals surface area contributed by atoms with Gasteiger partial charge in [0, 0.05) is 19.3 Å². The molecule has 0 unspecified atom stereocenters. The van der Waals surface area contributed by atoms with Crippen LogP contribution >= 0.6 is 12.2 Å². The van der Waals surface area contributed by atoms with Gasteiger partial charge in [0.25, 0.3) is 0 Å². The highest BCUT2D eigenvalue weighted by Gasteiger charge is 2.14. The molecule has 8 nitrogen and oxygen atoms in total. The summed E-state index contributed by atoms with van der Waals surface area (Å²) in [6, 6.07) is 10.6. The number of benzene rings is 2. The van der Waals surface area contributed by atoms with Crippen LogP contribution in [-0.2, 0) is 16.6 Å². The number of sulfonamides is 1. The molecule has 2 aromatic carbocycles. The van der Waals surface area contributed by atoms with Crippen LogP contribution in [0.5, 0.6) is 17.2 Å². The molecule has 0 saturated carbocycles. The molecule has 0 atom stereocenters. The van der Waals surface area contributed by atoms with E-state index in [2.05, 4.69) is 10.6 Å². The lowest BCUT2D eigenvalue weighted by atomic mass is 10.2. The van der Waals surface area contributed by atoms with Gasteiger partial charge >= 0.3 is 0 Å². The fraction of sp³-hybridized carbons (Fsp3) is 0.316. The maximum absolute atomic E-state index is 11.7. The fourth-order valence-corrected chi connectivity index (χ4v) is 3.25. The summed E-state index contributed by atoms with van der Waals surface area (Å²) >= 11 is 5.35. The summed E-state index contributed by atoms with van der Waals surface area (Å²) in [5, 5.41) is 6.54. The quantitative estimate of drug-likeness (QED) is 0.607. The number of hydrogen-bond acceptors (Lipinski definition) is 6. The second-order valence-corrected chi connectivity index (χ2v) is 8.54. The van der Waals surface area contributed by atoms with Crippen LogP contribution < -0.4 is 29.1 Å². The molecule has 2 aromatic rings. The van der Waals surface area contributed by atoms with Gasteiger partial charge in [0.05, 0.1) is 33.3 Å². The van der Waals surface area contributed by atoms with E-state index in [1.807, 2.05) is 12.1 Å². The number of rotatable bonds is 8. The highest BCUT2D eigenvalue weighted by Crippen LogP contribution is 2.38. The van der Waals surface area contributed by atoms with Crippen molar-refractivity contribution >= 4 is 38.7 Å². The minimum absolute atomic E-state index is 0.387. The summed E-state index contributed by atoms with van der Waals surface area (Å²) in [7, 11) is 2.81. The van der Waals surface area contributed by atoms with Crippen molar-refractivity contribution in [3.63, 3.8) is 0 Å². The Morgan fingerprint density at radius 3 is 2.21 bits per heavy atom.